The van der Waals surface area contributed by atoms with Gasteiger partial charge >= 0.3 is 0 Å². The van der Waals surface area contributed by atoms with E-state index in [0.29, 0.717) is 0 Å². The maximum atomic E-state index is 8.88. The van der Waals surface area contributed by atoms with Gasteiger partial charge in [0.05, 0.1) is 6.10 Å². The zero-order valence-corrected chi connectivity index (χ0v) is 7.16. The van der Waals surface area contributed by atoms with E-state index in [2.05, 4.69) is 12.2 Å². The van der Waals surface area contributed by atoms with Gasteiger partial charge in [-0.25, -0.2) is 0 Å². The van der Waals surface area contributed by atoms with Gasteiger partial charge in [-0.2, -0.15) is 0 Å². The van der Waals surface area contributed by atoms with Crippen LogP contribution in [0.25, 0.3) is 0 Å². The predicted molar refractivity (Wildman–Crippen MR) is 46.4 cm³/mol. The number of unbranched alkanes of at least 4 members (excludes halogenated alkanes) is 1. The summed E-state index contributed by atoms with van der Waals surface area (Å²) in [6.45, 7) is 2.06. The van der Waals surface area contributed by atoms with Crippen LogP contribution in [0, 0.1) is 0 Å². The van der Waals surface area contributed by atoms with E-state index in [0.717, 1.165) is 25.7 Å². The van der Waals surface area contributed by atoms with Crippen molar-refractivity contribution >= 4 is 0 Å². The van der Waals surface area contributed by atoms with Gasteiger partial charge in [0.25, 0.3) is 0 Å². The fourth-order valence-corrected chi connectivity index (χ4v) is 0.782. The second-order valence-corrected chi connectivity index (χ2v) is 2.76. The first-order chi connectivity index (χ1) is 5.27. The van der Waals surface area contributed by atoms with E-state index >= 15 is 0 Å². The van der Waals surface area contributed by atoms with Crippen molar-refractivity contribution in [3.8, 4) is 0 Å². The van der Waals surface area contributed by atoms with Crippen molar-refractivity contribution in [1.29, 1.82) is 0 Å². The lowest BCUT2D eigenvalue weighted by Gasteiger charge is -1.98. The Morgan fingerprint density at radius 1 is 1.27 bits per heavy atom. The minimum absolute atomic E-state index is 0.197. The van der Waals surface area contributed by atoms with Crippen molar-refractivity contribution in [2.75, 3.05) is 6.61 Å². The highest BCUT2D eigenvalue weighted by atomic mass is 16.3. The normalized spacial score (nSPS) is 14.1. The average Bonchev–Trinajstić information content (AvgIpc) is 1.96. The van der Waals surface area contributed by atoms with Crippen LogP contribution in [-0.2, 0) is 0 Å². The molecule has 0 aromatic rings. The van der Waals surface area contributed by atoms with Crippen molar-refractivity contribution < 1.29 is 10.2 Å². The van der Waals surface area contributed by atoms with Crippen LogP contribution in [0.15, 0.2) is 12.2 Å². The minimum Gasteiger partial charge on any atom is -0.396 e. The maximum Gasteiger partial charge on any atom is 0.0515 e. The molecular weight excluding hydrogens is 140 g/mol. The molecule has 0 heterocycles. The fourth-order valence-electron chi connectivity index (χ4n) is 0.782. The van der Waals surface area contributed by atoms with Crippen LogP contribution in [0.2, 0.25) is 0 Å². The second-order valence-electron chi connectivity index (χ2n) is 2.76. The first-order valence-electron chi connectivity index (χ1n) is 4.21. The summed E-state index contributed by atoms with van der Waals surface area (Å²) in [5.41, 5.74) is 0. The predicted octanol–water partition coefficient (Wildman–Crippen LogP) is 1.48. The summed E-state index contributed by atoms with van der Waals surface area (Å²) in [5, 5.41) is 17.3. The maximum absolute atomic E-state index is 8.88. The summed E-state index contributed by atoms with van der Waals surface area (Å²) >= 11 is 0. The molecule has 0 aliphatic heterocycles. The summed E-state index contributed by atoms with van der Waals surface area (Å²) in [7, 11) is 0. The Labute approximate surface area is 68.6 Å². The molecular formula is C9H18O2. The van der Waals surface area contributed by atoms with Crippen LogP contribution < -0.4 is 0 Å². The highest BCUT2D eigenvalue weighted by molar-refractivity contribution is 4.81. The van der Waals surface area contributed by atoms with E-state index in [9.17, 15) is 0 Å². The Bertz CT molecular complexity index is 97.7. The number of allylic oxidation sites excluding steroid dienone is 2. The standard InChI is InChI=1S/C9H18O2/c1-9(11)7-5-3-2-4-6-8-10/h2-3,9-11H,4-8H2,1H3/b3-2-. The van der Waals surface area contributed by atoms with Crippen molar-refractivity contribution in [1.82, 2.24) is 0 Å². The third-order valence-corrected chi connectivity index (χ3v) is 1.45. The SMILES string of the molecule is CC(O)CC/C=C\CCCO. The highest BCUT2D eigenvalue weighted by Gasteiger charge is 1.90. The summed E-state index contributed by atoms with van der Waals surface area (Å²) in [6.07, 6.45) is 7.46. The molecule has 1 unspecified atom stereocenters. The number of aliphatic hydroxyl groups excluding tert-OH is 2. The number of rotatable bonds is 6. The van der Waals surface area contributed by atoms with Crippen molar-refractivity contribution in [2.45, 2.75) is 38.7 Å². The number of aliphatic hydroxyl groups is 2. The first kappa shape index (κ1) is 10.7. The molecule has 0 spiro atoms. The monoisotopic (exact) mass is 158 g/mol. The molecule has 0 saturated heterocycles. The molecule has 0 bridgehead atoms. The van der Waals surface area contributed by atoms with Gasteiger partial charge in [-0.3, -0.25) is 0 Å². The second kappa shape index (κ2) is 7.76. The third-order valence-electron chi connectivity index (χ3n) is 1.45. The lowest BCUT2D eigenvalue weighted by Crippen LogP contribution is -1.96. The number of hydrogen-bond donors (Lipinski definition) is 2. The molecule has 0 radical (unpaired) electrons. The molecule has 0 aromatic carbocycles. The molecule has 2 nitrogen and oxygen atoms in total. The Kier molecular flexibility index (Phi) is 7.52. The van der Waals surface area contributed by atoms with Crippen LogP contribution in [0.5, 0.6) is 0 Å². The largest absolute Gasteiger partial charge is 0.396 e. The summed E-state index contributed by atoms with van der Waals surface area (Å²) in [4.78, 5) is 0. The average molecular weight is 158 g/mol. The zero-order chi connectivity index (χ0) is 8.53. The fraction of sp³-hybridized carbons (Fsp3) is 0.778. The molecule has 0 rings (SSSR count). The Balaban J connectivity index is 3.03. The van der Waals surface area contributed by atoms with Crippen LogP contribution in [0.3, 0.4) is 0 Å². The van der Waals surface area contributed by atoms with Crippen molar-refractivity contribution in [3.05, 3.63) is 12.2 Å². The molecule has 0 fully saturated rings. The van der Waals surface area contributed by atoms with Gasteiger partial charge in [0.15, 0.2) is 0 Å². The molecule has 0 amide bonds. The molecule has 0 aliphatic carbocycles. The molecule has 2 N–H and O–H groups in total. The molecule has 0 aromatic heterocycles. The van der Waals surface area contributed by atoms with Gasteiger partial charge in [-0.05, 0) is 32.6 Å². The van der Waals surface area contributed by atoms with E-state index in [1.807, 2.05) is 0 Å². The van der Waals surface area contributed by atoms with E-state index in [1.165, 1.54) is 0 Å². The van der Waals surface area contributed by atoms with Crippen LogP contribution in [-0.4, -0.2) is 22.9 Å². The quantitative estimate of drug-likeness (QED) is 0.454. The van der Waals surface area contributed by atoms with Gasteiger partial charge in [0, 0.05) is 6.61 Å². The van der Waals surface area contributed by atoms with Gasteiger partial charge in [-0.1, -0.05) is 12.2 Å². The van der Waals surface area contributed by atoms with Crippen molar-refractivity contribution in [2.24, 2.45) is 0 Å². The molecule has 66 valence electrons. The van der Waals surface area contributed by atoms with Crippen LogP contribution >= 0.6 is 0 Å². The minimum atomic E-state index is -0.197. The topological polar surface area (TPSA) is 40.5 Å². The molecule has 1 atom stereocenters. The zero-order valence-electron chi connectivity index (χ0n) is 7.16. The molecule has 11 heavy (non-hydrogen) atoms. The Hall–Kier alpha value is -0.340. The lowest BCUT2D eigenvalue weighted by molar-refractivity contribution is 0.186. The van der Waals surface area contributed by atoms with Crippen molar-refractivity contribution in [3.63, 3.8) is 0 Å². The van der Waals surface area contributed by atoms with Crippen LogP contribution in [0.4, 0.5) is 0 Å². The van der Waals surface area contributed by atoms with Crippen LogP contribution in [0.1, 0.15) is 32.6 Å². The Morgan fingerprint density at radius 2 is 1.91 bits per heavy atom. The van der Waals surface area contributed by atoms with Gasteiger partial charge in [0.1, 0.15) is 0 Å². The van der Waals surface area contributed by atoms with Gasteiger partial charge < -0.3 is 10.2 Å². The smallest absolute Gasteiger partial charge is 0.0515 e. The highest BCUT2D eigenvalue weighted by Crippen LogP contribution is 1.98. The Morgan fingerprint density at radius 3 is 2.45 bits per heavy atom. The number of hydrogen-bond acceptors (Lipinski definition) is 2. The lowest BCUT2D eigenvalue weighted by atomic mass is 10.2. The van der Waals surface area contributed by atoms with E-state index in [1.54, 1.807) is 6.92 Å². The van der Waals surface area contributed by atoms with Gasteiger partial charge in [0.2, 0.25) is 0 Å². The van der Waals surface area contributed by atoms with Gasteiger partial charge in [-0.15, -0.1) is 0 Å². The van der Waals surface area contributed by atoms with E-state index in [4.69, 9.17) is 10.2 Å². The summed E-state index contributed by atoms with van der Waals surface area (Å²) < 4.78 is 0. The first-order valence-corrected chi connectivity index (χ1v) is 4.21. The molecule has 2 heteroatoms. The molecule has 0 aliphatic rings. The van der Waals surface area contributed by atoms with E-state index in [-0.39, 0.29) is 12.7 Å². The summed E-state index contributed by atoms with van der Waals surface area (Å²) in [6, 6.07) is 0. The third kappa shape index (κ3) is 9.66. The molecule has 0 saturated carbocycles. The van der Waals surface area contributed by atoms with E-state index < -0.39 is 0 Å². The summed E-state index contributed by atoms with van der Waals surface area (Å²) in [5.74, 6) is 0.